The SMILES string of the molecule is C#CCOCCOCCOCCOc1ccc2c(c1)C(C)(C)C(C=CC=CC=C1N(CCOCCOCCOCCOC)c3ccc(OCCOCCOCCOCCOC)cc3C1(C)C)=[N+]2CCOCCOCCOCCOC. The van der Waals surface area contributed by atoms with Gasteiger partial charge < -0.3 is 85.4 Å². The number of ether oxygens (including phenoxy) is 17. The van der Waals surface area contributed by atoms with E-state index in [0.29, 0.717) is 198 Å². The van der Waals surface area contributed by atoms with Gasteiger partial charge in [-0.2, -0.15) is 4.58 Å². The Morgan fingerprint density at radius 3 is 1.34 bits per heavy atom. The van der Waals surface area contributed by atoms with Crippen LogP contribution in [0.5, 0.6) is 11.5 Å². The highest BCUT2D eigenvalue weighted by Gasteiger charge is 2.45. The molecule has 2 aromatic carbocycles. The lowest BCUT2D eigenvalue weighted by atomic mass is 9.81. The van der Waals surface area contributed by atoms with Crippen LogP contribution < -0.4 is 14.4 Å². The van der Waals surface area contributed by atoms with Crippen LogP contribution in [-0.4, -0.2) is 236 Å². The largest absolute Gasteiger partial charge is 0.491 e. The zero-order valence-electron chi connectivity index (χ0n) is 49.2. The van der Waals surface area contributed by atoms with Crippen LogP contribution in [0.25, 0.3) is 0 Å². The summed E-state index contributed by atoms with van der Waals surface area (Å²) < 4.78 is 97.9. The van der Waals surface area contributed by atoms with Crippen molar-refractivity contribution in [2.75, 3.05) is 231 Å². The molecule has 2 aliphatic rings. The van der Waals surface area contributed by atoms with Gasteiger partial charge in [0.1, 0.15) is 37.9 Å². The first-order valence-electron chi connectivity index (χ1n) is 28.1. The van der Waals surface area contributed by atoms with E-state index >= 15 is 0 Å². The van der Waals surface area contributed by atoms with Crippen molar-refractivity contribution in [1.82, 2.24) is 0 Å². The smallest absolute Gasteiger partial charge is 0.210 e. The molecule has 19 heteroatoms. The molecule has 0 unspecified atom stereocenters. The van der Waals surface area contributed by atoms with Crippen LogP contribution in [0.3, 0.4) is 0 Å². The van der Waals surface area contributed by atoms with E-state index in [2.05, 4.69) is 97.7 Å². The molecule has 2 aliphatic heterocycles. The molecule has 19 nitrogen and oxygen atoms in total. The second-order valence-electron chi connectivity index (χ2n) is 19.3. The Bertz CT molecular complexity index is 2120. The zero-order chi connectivity index (χ0) is 57.2. The summed E-state index contributed by atoms with van der Waals surface area (Å²) in [5, 5.41) is 0. The van der Waals surface area contributed by atoms with Crippen LogP contribution >= 0.6 is 0 Å². The van der Waals surface area contributed by atoms with Crippen LogP contribution in [0.15, 0.2) is 72.5 Å². The Hall–Kier alpha value is -4.31. The molecule has 0 atom stereocenters. The number of terminal acetylenes is 1. The number of hydrogen-bond donors (Lipinski definition) is 0. The van der Waals surface area contributed by atoms with E-state index < -0.39 is 0 Å². The van der Waals surface area contributed by atoms with E-state index in [-0.39, 0.29) is 17.4 Å². The summed E-state index contributed by atoms with van der Waals surface area (Å²) in [6.07, 6.45) is 15.9. The van der Waals surface area contributed by atoms with Crippen molar-refractivity contribution in [2.24, 2.45) is 0 Å². The van der Waals surface area contributed by atoms with Gasteiger partial charge in [-0.25, -0.2) is 0 Å². The number of fused-ring (bicyclic) bond motifs is 2. The van der Waals surface area contributed by atoms with Gasteiger partial charge >= 0.3 is 0 Å². The predicted octanol–water partition coefficient (Wildman–Crippen LogP) is 6.39. The van der Waals surface area contributed by atoms with Crippen LogP contribution in [0.2, 0.25) is 0 Å². The lowest BCUT2D eigenvalue weighted by molar-refractivity contribution is -0.442. The highest BCUT2D eigenvalue weighted by Crippen LogP contribution is 2.49. The summed E-state index contributed by atoms with van der Waals surface area (Å²) >= 11 is 0. The summed E-state index contributed by atoms with van der Waals surface area (Å²) in [5.74, 6) is 4.01. The molecule has 0 fully saturated rings. The molecule has 0 saturated heterocycles. The van der Waals surface area contributed by atoms with Gasteiger partial charge in [-0.1, -0.05) is 38.0 Å². The standard InChI is InChI=1S/C61H95N2O17/c1-9-21-67-30-33-73-42-44-77-46-48-79-52-15-17-56-54(50-52)60(2,3)58(62(56)19-22-68-31-34-74-39-36-70-27-24-64-6)13-11-10-12-14-59-61(4,5)55-51-53(80-49-47-78-45-43-76-41-38-72-29-26-66-8)16-18-57(55)63(59)20-23-69-32-35-75-40-37-71-28-25-65-7/h1,10-18,50-51H,19-49H2,2-8H3/q+1. The molecule has 2 aromatic rings. The van der Waals surface area contributed by atoms with E-state index in [9.17, 15) is 0 Å². The minimum absolute atomic E-state index is 0.280. The van der Waals surface area contributed by atoms with Crippen molar-refractivity contribution in [2.45, 2.75) is 38.5 Å². The molecule has 0 aliphatic carbocycles. The fourth-order valence-corrected chi connectivity index (χ4v) is 8.70. The number of methoxy groups -OCH3 is 3. The van der Waals surface area contributed by atoms with Crippen LogP contribution in [0.1, 0.15) is 38.8 Å². The normalized spacial score (nSPS) is 15.0. The van der Waals surface area contributed by atoms with Gasteiger partial charge in [-0.05, 0) is 55.8 Å². The second-order valence-corrected chi connectivity index (χ2v) is 19.3. The summed E-state index contributed by atoms with van der Waals surface area (Å²) in [5.41, 5.74) is 6.14. The van der Waals surface area contributed by atoms with Gasteiger partial charge in [0.2, 0.25) is 5.69 Å². The number of hydrogen-bond acceptors (Lipinski definition) is 18. The third-order valence-corrected chi connectivity index (χ3v) is 12.8. The van der Waals surface area contributed by atoms with Crippen LogP contribution in [0, 0.1) is 12.3 Å². The van der Waals surface area contributed by atoms with Crippen LogP contribution in [-0.2, 0) is 81.9 Å². The average Bonchev–Trinajstić information content (AvgIpc) is 3.79. The molecule has 0 amide bonds. The molecule has 4 rings (SSSR count). The van der Waals surface area contributed by atoms with E-state index in [1.807, 2.05) is 12.1 Å². The number of nitrogens with zero attached hydrogens (tertiary/aromatic N) is 2. The summed E-state index contributed by atoms with van der Waals surface area (Å²) in [6.45, 7) is 24.4. The van der Waals surface area contributed by atoms with Crippen molar-refractivity contribution in [3.8, 4) is 23.8 Å². The monoisotopic (exact) mass is 1130 g/mol. The highest BCUT2D eigenvalue weighted by molar-refractivity contribution is 6.03. The fraction of sp³-hybridized carbons (Fsp3) is 0.656. The third-order valence-electron chi connectivity index (χ3n) is 12.8. The first-order valence-corrected chi connectivity index (χ1v) is 28.1. The minimum atomic E-state index is -0.351. The van der Waals surface area contributed by atoms with Gasteiger partial charge in [-0.3, -0.25) is 0 Å². The molecule has 2 heterocycles. The Balaban J connectivity index is 1.43. The second kappa shape index (κ2) is 42.5. The number of benzene rings is 2. The van der Waals surface area contributed by atoms with Gasteiger partial charge in [0.05, 0.1) is 171 Å². The number of rotatable bonds is 51. The Kier molecular flexibility index (Phi) is 36.2. The molecule has 0 radical (unpaired) electrons. The third kappa shape index (κ3) is 25.9. The Morgan fingerprint density at radius 2 is 0.863 bits per heavy atom. The molecular weight excluding hydrogens is 1030 g/mol. The summed E-state index contributed by atoms with van der Waals surface area (Å²) in [7, 11) is 4.97. The quantitative estimate of drug-likeness (QED) is 0.0310. The van der Waals surface area contributed by atoms with Crippen molar-refractivity contribution < 1.29 is 85.1 Å². The van der Waals surface area contributed by atoms with Crippen molar-refractivity contribution in [3.05, 3.63) is 83.6 Å². The number of allylic oxidation sites excluding steroid dienone is 6. The van der Waals surface area contributed by atoms with Gasteiger partial charge in [0.15, 0.2) is 12.3 Å². The fourth-order valence-electron chi connectivity index (χ4n) is 8.70. The zero-order valence-corrected chi connectivity index (χ0v) is 49.2. The molecule has 0 saturated carbocycles. The van der Waals surface area contributed by atoms with E-state index in [0.717, 1.165) is 39.8 Å². The molecule has 0 spiro atoms. The van der Waals surface area contributed by atoms with Crippen molar-refractivity contribution >= 4 is 17.1 Å². The minimum Gasteiger partial charge on any atom is -0.491 e. The maximum atomic E-state index is 6.22. The van der Waals surface area contributed by atoms with Gasteiger partial charge in [0, 0.05) is 62.4 Å². The first kappa shape index (κ1) is 68.2. The summed E-state index contributed by atoms with van der Waals surface area (Å²) in [4.78, 5) is 2.35. The average molecular weight is 1130 g/mol. The molecule has 0 bridgehead atoms. The Labute approximate surface area is 477 Å². The molecule has 0 aromatic heterocycles. The predicted molar refractivity (Wildman–Crippen MR) is 308 cm³/mol. The van der Waals surface area contributed by atoms with Crippen molar-refractivity contribution in [3.63, 3.8) is 0 Å². The van der Waals surface area contributed by atoms with E-state index in [1.165, 1.54) is 5.56 Å². The summed E-state index contributed by atoms with van der Waals surface area (Å²) in [6, 6.07) is 12.6. The molecule has 80 heavy (non-hydrogen) atoms. The number of anilines is 1. The maximum Gasteiger partial charge on any atom is 0.210 e. The van der Waals surface area contributed by atoms with Crippen LogP contribution in [0.4, 0.5) is 11.4 Å². The lowest BCUT2D eigenvalue weighted by Crippen LogP contribution is -2.29. The maximum absolute atomic E-state index is 6.22. The van der Waals surface area contributed by atoms with Gasteiger partial charge in [-0.15, -0.1) is 6.42 Å². The Morgan fingerprint density at radius 1 is 0.450 bits per heavy atom. The van der Waals surface area contributed by atoms with Crippen molar-refractivity contribution in [1.29, 1.82) is 0 Å². The molecular formula is C61H95N2O17+. The van der Waals surface area contributed by atoms with Gasteiger partial charge in [0.25, 0.3) is 0 Å². The van der Waals surface area contributed by atoms with E-state index in [1.54, 1.807) is 21.3 Å². The highest BCUT2D eigenvalue weighted by atomic mass is 16.6. The lowest BCUT2D eigenvalue weighted by Gasteiger charge is -2.27. The first-order chi connectivity index (χ1) is 39.2. The topological polar surface area (TPSA) is 163 Å². The van der Waals surface area contributed by atoms with E-state index in [4.69, 9.17) is 87.0 Å². The molecule has 0 N–H and O–H groups in total. The molecule has 450 valence electrons.